The number of piperidine rings is 1. The van der Waals surface area contributed by atoms with Gasteiger partial charge in [-0.1, -0.05) is 0 Å². The number of morpholine rings is 1. The van der Waals surface area contributed by atoms with Crippen LogP contribution in [0.2, 0.25) is 0 Å². The second-order valence-corrected chi connectivity index (χ2v) is 7.28. The Bertz CT molecular complexity index is 585. The molecule has 8 nitrogen and oxygen atoms in total. The molecule has 150 valence electrons. The number of nitrogens with one attached hydrogen (secondary N) is 2. The van der Waals surface area contributed by atoms with Crippen LogP contribution in [-0.4, -0.2) is 80.3 Å². The zero-order chi connectivity index (χ0) is 18.9. The molecule has 1 aromatic rings. The topological polar surface area (TPSA) is 82.6 Å². The first-order chi connectivity index (χ1) is 13.2. The molecular weight excluding hydrogens is 344 g/mol. The number of ether oxygens (including phenoxy) is 1. The van der Waals surface area contributed by atoms with E-state index in [1.807, 2.05) is 13.1 Å². The van der Waals surface area contributed by atoms with E-state index in [-0.39, 0.29) is 5.91 Å². The van der Waals surface area contributed by atoms with Crippen molar-refractivity contribution in [3.8, 4) is 0 Å². The van der Waals surface area contributed by atoms with Crippen LogP contribution in [0.4, 0.5) is 11.8 Å². The van der Waals surface area contributed by atoms with Gasteiger partial charge in [0.05, 0.1) is 13.2 Å². The van der Waals surface area contributed by atoms with Gasteiger partial charge in [0.25, 0.3) is 0 Å². The lowest BCUT2D eigenvalue weighted by molar-refractivity contribution is -0.122. The van der Waals surface area contributed by atoms with E-state index in [0.717, 1.165) is 77.6 Å². The molecule has 1 amide bonds. The van der Waals surface area contributed by atoms with Crippen LogP contribution >= 0.6 is 0 Å². The summed E-state index contributed by atoms with van der Waals surface area (Å²) in [5.74, 6) is 2.26. The summed E-state index contributed by atoms with van der Waals surface area (Å²) in [5.41, 5.74) is 0. The van der Waals surface area contributed by atoms with Crippen LogP contribution in [0.3, 0.4) is 0 Å². The van der Waals surface area contributed by atoms with E-state index in [9.17, 15) is 4.79 Å². The molecule has 2 N–H and O–H groups in total. The van der Waals surface area contributed by atoms with Gasteiger partial charge in [-0.05, 0) is 37.8 Å². The standard InChI is InChI=1S/C19H32N6O2/c1-20-19-22-7-3-17(23-19)25-9-4-16(5-10-25)15-18(26)21-6-2-8-24-11-13-27-14-12-24/h3,7,16H,2,4-6,8-15H2,1H3,(H,21,26)(H,20,22,23). The van der Waals surface area contributed by atoms with Gasteiger partial charge >= 0.3 is 0 Å². The van der Waals surface area contributed by atoms with Crippen LogP contribution in [0.1, 0.15) is 25.7 Å². The third-order valence-electron chi connectivity index (χ3n) is 5.35. The maximum atomic E-state index is 12.2. The number of carbonyl (C=O) groups is 1. The fourth-order valence-corrected chi connectivity index (χ4v) is 3.70. The third-order valence-corrected chi connectivity index (χ3v) is 5.35. The van der Waals surface area contributed by atoms with Crippen LogP contribution in [-0.2, 0) is 9.53 Å². The van der Waals surface area contributed by atoms with Crippen molar-refractivity contribution in [3.05, 3.63) is 12.3 Å². The number of rotatable bonds is 8. The first kappa shape index (κ1) is 19.8. The van der Waals surface area contributed by atoms with Gasteiger partial charge in [-0.15, -0.1) is 0 Å². The van der Waals surface area contributed by atoms with E-state index in [1.54, 1.807) is 6.20 Å². The zero-order valence-electron chi connectivity index (χ0n) is 16.3. The van der Waals surface area contributed by atoms with Gasteiger partial charge in [0, 0.05) is 52.4 Å². The van der Waals surface area contributed by atoms with Gasteiger partial charge in [-0.25, -0.2) is 4.98 Å². The molecule has 2 aliphatic heterocycles. The Morgan fingerprint density at radius 1 is 1.26 bits per heavy atom. The largest absolute Gasteiger partial charge is 0.379 e. The van der Waals surface area contributed by atoms with Gasteiger partial charge in [-0.3, -0.25) is 9.69 Å². The van der Waals surface area contributed by atoms with Crippen LogP contribution in [0.15, 0.2) is 12.3 Å². The van der Waals surface area contributed by atoms with Crippen molar-refractivity contribution in [2.45, 2.75) is 25.7 Å². The smallest absolute Gasteiger partial charge is 0.224 e. The fraction of sp³-hybridized carbons (Fsp3) is 0.737. The number of anilines is 2. The van der Waals surface area contributed by atoms with Crippen LogP contribution in [0.25, 0.3) is 0 Å². The lowest BCUT2D eigenvalue weighted by Gasteiger charge is -2.32. The Kier molecular flexibility index (Phi) is 7.65. The highest BCUT2D eigenvalue weighted by Crippen LogP contribution is 2.24. The second-order valence-electron chi connectivity index (χ2n) is 7.28. The number of carbonyl (C=O) groups excluding carboxylic acids is 1. The minimum absolute atomic E-state index is 0.190. The molecule has 0 atom stereocenters. The van der Waals surface area contributed by atoms with Gasteiger partial charge in [0.15, 0.2) is 0 Å². The van der Waals surface area contributed by atoms with Crippen LogP contribution in [0, 0.1) is 5.92 Å². The Balaban J connectivity index is 1.30. The highest BCUT2D eigenvalue weighted by Gasteiger charge is 2.22. The van der Waals surface area contributed by atoms with Gasteiger partial charge in [-0.2, -0.15) is 4.98 Å². The summed E-state index contributed by atoms with van der Waals surface area (Å²) in [5, 5.41) is 6.06. The average Bonchev–Trinajstić information content (AvgIpc) is 2.72. The minimum Gasteiger partial charge on any atom is -0.379 e. The average molecular weight is 377 g/mol. The quantitative estimate of drug-likeness (QED) is 0.654. The van der Waals surface area contributed by atoms with Gasteiger partial charge in [0.2, 0.25) is 11.9 Å². The van der Waals surface area contributed by atoms with E-state index in [2.05, 4.69) is 30.4 Å². The number of hydrogen-bond acceptors (Lipinski definition) is 7. The monoisotopic (exact) mass is 376 g/mol. The van der Waals surface area contributed by atoms with Crippen molar-refractivity contribution in [1.82, 2.24) is 20.2 Å². The summed E-state index contributed by atoms with van der Waals surface area (Å²) >= 11 is 0. The molecule has 0 aromatic carbocycles. The third kappa shape index (κ3) is 6.32. The maximum Gasteiger partial charge on any atom is 0.224 e. The molecule has 1 aromatic heterocycles. The molecule has 8 heteroatoms. The van der Waals surface area contributed by atoms with E-state index in [0.29, 0.717) is 18.3 Å². The van der Waals surface area contributed by atoms with Crippen molar-refractivity contribution < 1.29 is 9.53 Å². The number of hydrogen-bond donors (Lipinski definition) is 2. The number of amides is 1. The number of nitrogens with zero attached hydrogens (tertiary/aromatic N) is 4. The molecule has 3 heterocycles. The van der Waals surface area contributed by atoms with Crippen molar-refractivity contribution in [1.29, 1.82) is 0 Å². The molecule has 0 unspecified atom stereocenters. The molecule has 0 aliphatic carbocycles. The molecule has 0 radical (unpaired) electrons. The summed E-state index contributed by atoms with van der Waals surface area (Å²) in [6, 6.07) is 1.95. The first-order valence-corrected chi connectivity index (χ1v) is 10.1. The van der Waals surface area contributed by atoms with Crippen LogP contribution < -0.4 is 15.5 Å². The Labute approximate surface area is 161 Å². The summed E-state index contributed by atoms with van der Waals surface area (Å²) in [6.07, 6.45) is 5.48. The number of aromatic nitrogens is 2. The Morgan fingerprint density at radius 3 is 2.78 bits per heavy atom. The molecule has 0 spiro atoms. The molecule has 0 bridgehead atoms. The lowest BCUT2D eigenvalue weighted by Crippen LogP contribution is -2.38. The molecule has 27 heavy (non-hydrogen) atoms. The fourth-order valence-electron chi connectivity index (χ4n) is 3.70. The molecule has 3 rings (SSSR count). The summed E-state index contributed by atoms with van der Waals surface area (Å²) in [7, 11) is 1.82. The van der Waals surface area contributed by atoms with E-state index >= 15 is 0 Å². The van der Waals surface area contributed by atoms with Crippen molar-refractivity contribution in [2.24, 2.45) is 5.92 Å². The van der Waals surface area contributed by atoms with Gasteiger partial charge in [0.1, 0.15) is 5.82 Å². The second kappa shape index (κ2) is 10.4. The van der Waals surface area contributed by atoms with E-state index < -0.39 is 0 Å². The van der Waals surface area contributed by atoms with Crippen molar-refractivity contribution in [3.63, 3.8) is 0 Å². The van der Waals surface area contributed by atoms with E-state index in [1.165, 1.54) is 0 Å². The van der Waals surface area contributed by atoms with Crippen LogP contribution in [0.5, 0.6) is 0 Å². The van der Waals surface area contributed by atoms with Crippen molar-refractivity contribution in [2.75, 3.05) is 69.7 Å². The van der Waals surface area contributed by atoms with E-state index in [4.69, 9.17) is 4.74 Å². The Morgan fingerprint density at radius 2 is 2.04 bits per heavy atom. The predicted molar refractivity (Wildman–Crippen MR) is 106 cm³/mol. The zero-order valence-corrected chi connectivity index (χ0v) is 16.3. The highest BCUT2D eigenvalue weighted by atomic mass is 16.5. The predicted octanol–water partition coefficient (Wildman–Crippen LogP) is 0.963. The molecule has 2 fully saturated rings. The molecule has 2 aliphatic rings. The minimum atomic E-state index is 0.190. The Hall–Kier alpha value is -1.93. The normalized spacial score (nSPS) is 19.1. The maximum absolute atomic E-state index is 12.2. The summed E-state index contributed by atoms with van der Waals surface area (Å²) < 4.78 is 5.35. The van der Waals surface area contributed by atoms with Crippen molar-refractivity contribution >= 4 is 17.7 Å². The SMILES string of the molecule is CNc1nccc(N2CCC(CC(=O)NCCCN3CCOCC3)CC2)n1. The molecule has 2 saturated heterocycles. The lowest BCUT2D eigenvalue weighted by atomic mass is 9.93. The summed E-state index contributed by atoms with van der Waals surface area (Å²) in [4.78, 5) is 25.6. The molecule has 0 saturated carbocycles. The van der Waals surface area contributed by atoms with Gasteiger partial charge < -0.3 is 20.3 Å². The summed E-state index contributed by atoms with van der Waals surface area (Å²) in [6.45, 7) is 7.36. The first-order valence-electron chi connectivity index (χ1n) is 10.1. The molecular formula is C19H32N6O2. The highest BCUT2D eigenvalue weighted by molar-refractivity contribution is 5.76.